The van der Waals surface area contributed by atoms with Gasteiger partial charge >= 0.3 is 188 Å². The van der Waals surface area contributed by atoms with Crippen LogP contribution in [-0.4, -0.2) is 93.8 Å². The van der Waals surface area contributed by atoms with Gasteiger partial charge in [-0.1, -0.05) is 5.92 Å². The van der Waals surface area contributed by atoms with Gasteiger partial charge in [0.15, 0.2) is 0 Å². The van der Waals surface area contributed by atoms with E-state index in [-0.39, 0.29) is 213 Å². The smallest absolute Gasteiger partial charge is 1.00 e. The van der Waals surface area contributed by atoms with Crippen molar-refractivity contribution in [3.05, 3.63) is 72.1 Å². The van der Waals surface area contributed by atoms with Gasteiger partial charge in [-0.3, -0.25) is 4.79 Å². The molecule has 0 spiro atoms. The van der Waals surface area contributed by atoms with Gasteiger partial charge in [0.25, 0.3) is 6.47 Å². The SMILES string of the molecule is C#CC#CC#CC#CC#CC#CC#CC#CC#CC#CC#CC#CC#CC.COC(=O)c1ccc(O)cn1.COC(=O)c1ccc(OC(F)F)cn1.O=C(O)c1ccc(OC(F)F)cn1.O=C([O-])C(F)(F)Cl.O=CO[O-].PP(P)P(P)P.[H-].[K+].[K+].[Li+].[Na+].[OH-]. The van der Waals surface area contributed by atoms with E-state index in [0.29, 0.717) is 0 Å². The first-order valence-corrected chi connectivity index (χ1v) is 30.0. The fourth-order valence-electron chi connectivity index (χ4n) is 2.82. The normalized spacial score (nSPS) is 7.38. The summed E-state index contributed by atoms with van der Waals surface area (Å²) in [5.74, 6) is 56.7. The predicted octanol–water partition coefficient (Wildman–Crippen LogP) is -6.92. The molecule has 0 aliphatic rings. The molecule has 3 N–H and O–H groups in total. The van der Waals surface area contributed by atoms with Gasteiger partial charge in [-0.2, -0.15) is 26.3 Å². The first kappa shape index (κ1) is 102. The molecule has 4 unspecified atom stereocenters. The number of pyridine rings is 3. The van der Waals surface area contributed by atoms with Crippen molar-refractivity contribution in [2.24, 2.45) is 0 Å². The number of halogens is 7. The Labute approximate surface area is 634 Å². The van der Waals surface area contributed by atoms with E-state index in [1.807, 2.05) is 0 Å². The summed E-state index contributed by atoms with van der Waals surface area (Å²) in [5, 5.41) is 30.4. The first-order chi connectivity index (χ1) is 38.9. The van der Waals surface area contributed by atoms with Gasteiger partial charge in [0.1, 0.15) is 40.3 Å². The summed E-state index contributed by atoms with van der Waals surface area (Å²) in [6.07, 6.45) is 8.05. The van der Waals surface area contributed by atoms with Crippen LogP contribution in [0.5, 0.6) is 17.2 Å². The number of aromatic carboxylic acids is 1. The van der Waals surface area contributed by atoms with Gasteiger partial charge in [-0.15, -0.1) is 42.1 Å². The van der Waals surface area contributed by atoms with E-state index in [4.69, 9.17) is 36.6 Å². The number of esters is 2. The topological polar surface area (TPSA) is 287 Å². The van der Waals surface area contributed by atoms with Crippen molar-refractivity contribution < 1.29 is 253 Å². The van der Waals surface area contributed by atoms with Crippen molar-refractivity contribution in [3.8, 4) is 172 Å². The number of aromatic hydroxyl groups is 1. The fourth-order valence-corrected chi connectivity index (χ4v) is 2.82. The van der Waals surface area contributed by atoms with Crippen LogP contribution in [0.1, 0.15) is 39.8 Å². The molecule has 0 amide bonds. The van der Waals surface area contributed by atoms with Crippen LogP contribution in [0.4, 0.5) is 26.3 Å². The summed E-state index contributed by atoms with van der Waals surface area (Å²) in [6.45, 7) is -3.99. The second-order valence-electron chi connectivity index (χ2n) is 11.2. The van der Waals surface area contributed by atoms with Gasteiger partial charge in [-0.05, 0) is 164 Å². The maximum Gasteiger partial charge on any atom is 1.00 e. The molecule has 0 bridgehead atoms. The van der Waals surface area contributed by atoms with E-state index in [2.05, 4.69) is 234 Å². The number of aromatic nitrogens is 3. The molecule has 3 heterocycles. The molecule has 3 rings (SSSR count). The second kappa shape index (κ2) is 70.8. The molecule has 3 aromatic rings. The summed E-state index contributed by atoms with van der Waals surface area (Å²) in [6, 6.07) is 7.41. The van der Waals surface area contributed by atoms with Gasteiger partial charge in [-0.25, -0.2) is 29.3 Å². The summed E-state index contributed by atoms with van der Waals surface area (Å²) in [7, 11) is 13.6. The Morgan fingerprint density at radius 1 is 0.632 bits per heavy atom. The Hall–Kier alpha value is -4.28. The van der Waals surface area contributed by atoms with E-state index < -0.39 is 42.5 Å². The summed E-state index contributed by atoms with van der Waals surface area (Å²) in [5.41, 5.74) is 0.000956. The number of alkyl halides is 7. The zero-order valence-corrected chi connectivity index (χ0v) is 61.3. The zero-order valence-electron chi connectivity index (χ0n) is 46.9. The van der Waals surface area contributed by atoms with Crippen LogP contribution in [0.2, 0.25) is 0 Å². The Morgan fingerprint density at radius 2 is 0.897 bits per heavy atom. The van der Waals surface area contributed by atoms with Crippen LogP contribution in [0, 0.1) is 154 Å². The molecule has 0 fully saturated rings. The third-order valence-corrected chi connectivity index (χ3v) is 27.3. The Kier molecular flexibility index (Phi) is 82.7. The minimum absolute atomic E-state index is 0. The number of ether oxygens (including phenoxy) is 4. The van der Waals surface area contributed by atoms with Crippen molar-refractivity contribution in [2.45, 2.75) is 25.5 Å². The molecule has 0 saturated carbocycles. The average Bonchev–Trinajstić information content (AvgIpc) is 3.50. The number of hydrogen-bond acceptors (Lipinski definition) is 17. The van der Waals surface area contributed by atoms with Crippen LogP contribution < -0.4 is 171 Å². The Bertz CT molecular complexity index is 3450. The molecule has 35 heteroatoms. The van der Waals surface area contributed by atoms with Gasteiger partial charge in [0, 0.05) is 47.4 Å². The Morgan fingerprint density at radius 3 is 1.08 bits per heavy atom. The molecule has 3 aromatic heterocycles. The number of aliphatic carboxylic acids is 1. The fraction of sp³-hybridized carbons (Fsp3) is 0.115. The van der Waals surface area contributed by atoms with Crippen molar-refractivity contribution in [1.82, 2.24) is 15.0 Å². The van der Waals surface area contributed by atoms with Crippen LogP contribution >= 0.6 is 61.3 Å². The number of carbonyl (C=O) groups is 5. The molecule has 0 aliphatic heterocycles. The largest absolute Gasteiger partial charge is 1.00 e. The minimum Gasteiger partial charge on any atom is -1.00 e. The molecular weight excluding hydrogens is 1350 g/mol. The average molecular weight is 1380 g/mol. The van der Waals surface area contributed by atoms with Crippen LogP contribution in [-0.2, 0) is 24.0 Å². The Balaban J connectivity index is -0.000000107. The molecule has 0 radical (unpaired) electrons. The minimum atomic E-state index is -4.22. The number of terminal acetylenes is 1. The summed E-state index contributed by atoms with van der Waals surface area (Å²) in [4.78, 5) is 62.8. The molecule has 4 atom stereocenters. The maximum absolute atomic E-state index is 11.7. The van der Waals surface area contributed by atoms with E-state index >= 15 is 0 Å². The standard InChI is InChI=1S/C27H4.C8H7F2NO3.C7H5F2NO3.C7H7NO3.C2HClF2O2.CH2O3.2K.Li.Na.H2O.H8P6.H/c1-3-5-7-9-11-13-15-17-19-21-23-25-27-26-24-22-20-18-16-14-12-10-8-6-4-2;1-13-7(12)6-3-2-5(4-11-6)14-8(9)10;8-7(9)13-4-1-2-5(6(11)12)10-3-4;1-11-7(10)6-3-2-5(9)4-8-6;3-2(4,5)1(6)7;2-1-4-3;;;;;;1-5(2)6(3)4;/h1H,2H3;2-4,8H,1H3;1-3,7H,(H,11,12);2-4,9H,1H3;(H,6,7);1,3H;;;;;1H2;1-4H2;/q;;;;;;4*+1;;;-1/p-3. The molecule has 18 nitrogen and oxygen atoms in total. The van der Waals surface area contributed by atoms with Gasteiger partial charge < -0.3 is 56.1 Å². The molecule has 0 saturated heterocycles. The van der Waals surface area contributed by atoms with E-state index in [0.717, 1.165) is 24.5 Å². The number of hydrogen-bond donors (Lipinski definition) is 2. The number of nitrogens with zero attached hydrogens (tertiary/aromatic N) is 3. The third-order valence-electron chi connectivity index (χ3n) is 5.79. The number of carbonyl (C=O) groups excluding carboxylic acids is 4. The maximum atomic E-state index is 11.7. The number of methoxy groups -OCH3 is 2. The van der Waals surface area contributed by atoms with Crippen LogP contribution in [0.15, 0.2) is 55.0 Å². The van der Waals surface area contributed by atoms with Crippen molar-refractivity contribution >= 4 is 91.6 Å². The number of carboxylic acid groups (broad SMARTS) is 2. The first-order valence-electron chi connectivity index (χ1n) is 19.7. The predicted molar refractivity (Wildman–Crippen MR) is 304 cm³/mol. The van der Waals surface area contributed by atoms with Gasteiger partial charge in [0.05, 0.1) is 32.8 Å². The molecule has 430 valence electrons. The molecular formula is C52H34ClF6K2LiN3NaO15P6. The number of rotatable bonds is 10. The monoisotopic (exact) mass is 1380 g/mol. The van der Waals surface area contributed by atoms with E-state index in [1.165, 1.54) is 44.7 Å². The van der Waals surface area contributed by atoms with E-state index in [9.17, 15) is 40.7 Å². The van der Waals surface area contributed by atoms with Crippen molar-refractivity contribution in [2.75, 3.05) is 14.2 Å². The summed E-state index contributed by atoms with van der Waals surface area (Å²) < 4.78 is 85.3. The zero-order chi connectivity index (χ0) is 63.0. The van der Waals surface area contributed by atoms with E-state index in [1.54, 1.807) is 6.92 Å². The molecule has 0 aromatic carbocycles. The van der Waals surface area contributed by atoms with Crippen molar-refractivity contribution in [1.29, 1.82) is 0 Å². The second-order valence-corrected chi connectivity index (χ2v) is 31.4. The van der Waals surface area contributed by atoms with Gasteiger partial charge in [0.2, 0.25) is 0 Å². The number of carboxylic acids is 2. The molecule has 87 heavy (non-hydrogen) atoms. The molecule has 0 aliphatic carbocycles. The van der Waals surface area contributed by atoms with Crippen LogP contribution in [0.25, 0.3) is 0 Å². The third kappa shape index (κ3) is 72.4. The quantitative estimate of drug-likeness (QED) is 0.0220. The van der Waals surface area contributed by atoms with Crippen molar-refractivity contribution in [3.63, 3.8) is 0 Å². The van der Waals surface area contributed by atoms with Crippen LogP contribution in [0.3, 0.4) is 0 Å². The summed E-state index contributed by atoms with van der Waals surface area (Å²) >= 11 is 3.87.